The van der Waals surface area contributed by atoms with E-state index in [1.54, 1.807) is 19.0 Å². The molecule has 6 heteroatoms. The Bertz CT molecular complexity index is 713. The number of benzene rings is 1. The number of para-hydroxylation sites is 1. The van der Waals surface area contributed by atoms with Crippen LogP contribution in [0.15, 0.2) is 39.7 Å². The van der Waals surface area contributed by atoms with Gasteiger partial charge in [-0.3, -0.25) is 4.79 Å². The molecule has 0 spiro atoms. The van der Waals surface area contributed by atoms with E-state index in [4.69, 9.17) is 4.42 Å². The number of hydrogen-bond donors (Lipinski definition) is 2. The lowest BCUT2D eigenvalue weighted by molar-refractivity contribution is -0.127. The van der Waals surface area contributed by atoms with E-state index in [-0.39, 0.29) is 18.5 Å². The lowest BCUT2D eigenvalue weighted by Crippen LogP contribution is -2.40. The Morgan fingerprint density at radius 1 is 1.38 bits per heavy atom. The predicted molar refractivity (Wildman–Crippen MR) is 94.9 cm³/mol. The number of nitrogens with zero attached hydrogens (tertiary/aromatic N) is 2. The zero-order valence-electron chi connectivity index (χ0n) is 14.4. The van der Waals surface area contributed by atoms with Gasteiger partial charge in [-0.2, -0.15) is 0 Å². The number of aliphatic imine (C=N–C) groups is 1. The first kappa shape index (κ1) is 16.4. The van der Waals surface area contributed by atoms with Gasteiger partial charge in [0.2, 0.25) is 5.91 Å². The minimum atomic E-state index is -0.0446. The maximum atomic E-state index is 11.8. The van der Waals surface area contributed by atoms with Gasteiger partial charge < -0.3 is 20.0 Å². The predicted octanol–water partition coefficient (Wildman–Crippen LogP) is 2.28. The molecule has 2 aromatic rings. The summed E-state index contributed by atoms with van der Waals surface area (Å²) >= 11 is 0. The number of fused-ring (bicyclic) bond motifs is 1. The quantitative estimate of drug-likeness (QED) is 0.652. The number of guanidine groups is 1. The van der Waals surface area contributed by atoms with Gasteiger partial charge in [0.25, 0.3) is 0 Å². The lowest BCUT2D eigenvalue weighted by atomic mass is 10.2. The summed E-state index contributed by atoms with van der Waals surface area (Å²) in [6.07, 6.45) is 2.28. The van der Waals surface area contributed by atoms with Crippen LogP contribution in [-0.2, 0) is 4.79 Å². The molecule has 1 fully saturated rings. The van der Waals surface area contributed by atoms with Crippen LogP contribution in [0.5, 0.6) is 0 Å². The number of carbonyl (C=O) groups is 1. The molecule has 1 aromatic heterocycles. The first-order chi connectivity index (χ1) is 11.5. The zero-order valence-corrected chi connectivity index (χ0v) is 14.4. The summed E-state index contributed by atoms with van der Waals surface area (Å²) in [5.41, 5.74) is 0.873. The highest BCUT2D eigenvalue weighted by atomic mass is 16.3. The first-order valence-corrected chi connectivity index (χ1v) is 8.29. The summed E-state index contributed by atoms with van der Waals surface area (Å²) in [4.78, 5) is 17.7. The van der Waals surface area contributed by atoms with Crippen molar-refractivity contribution in [2.24, 2.45) is 4.99 Å². The van der Waals surface area contributed by atoms with Crippen LogP contribution in [0.1, 0.15) is 31.6 Å². The standard InChI is InChI=1S/C18H24N4O2/c1-12(16-10-13-6-4-5-7-15(13)24-16)20-18(21-14-8-9-14)19-11-17(23)22(2)3/h4-7,10,12,14H,8-9,11H2,1-3H3,(H2,19,20,21). The van der Waals surface area contributed by atoms with Crippen molar-refractivity contribution in [2.75, 3.05) is 20.6 Å². The van der Waals surface area contributed by atoms with Crippen molar-refractivity contribution in [1.29, 1.82) is 0 Å². The molecule has 0 bridgehead atoms. The molecule has 1 atom stereocenters. The Morgan fingerprint density at radius 3 is 2.79 bits per heavy atom. The monoisotopic (exact) mass is 328 g/mol. The van der Waals surface area contributed by atoms with Crippen LogP contribution in [-0.4, -0.2) is 43.4 Å². The van der Waals surface area contributed by atoms with Crippen LogP contribution in [0.25, 0.3) is 11.0 Å². The van der Waals surface area contributed by atoms with E-state index < -0.39 is 0 Å². The molecule has 24 heavy (non-hydrogen) atoms. The van der Waals surface area contributed by atoms with Gasteiger partial charge in [-0.25, -0.2) is 4.99 Å². The van der Waals surface area contributed by atoms with Gasteiger partial charge in [0.15, 0.2) is 5.96 Å². The van der Waals surface area contributed by atoms with E-state index in [9.17, 15) is 4.79 Å². The van der Waals surface area contributed by atoms with Gasteiger partial charge >= 0.3 is 0 Å². The number of rotatable bonds is 5. The SMILES string of the molecule is CC(NC(=NCC(=O)N(C)C)NC1CC1)c1cc2ccccc2o1. The maximum Gasteiger partial charge on any atom is 0.243 e. The summed E-state index contributed by atoms with van der Waals surface area (Å²) in [6, 6.07) is 10.4. The molecule has 1 aromatic carbocycles. The fraction of sp³-hybridized carbons (Fsp3) is 0.444. The molecule has 1 aliphatic rings. The minimum absolute atomic E-state index is 0.0247. The van der Waals surface area contributed by atoms with Crippen molar-refractivity contribution >= 4 is 22.8 Å². The van der Waals surface area contributed by atoms with Gasteiger partial charge in [0.05, 0.1) is 6.04 Å². The second kappa shape index (κ2) is 6.95. The topological polar surface area (TPSA) is 69.9 Å². The molecule has 1 aliphatic carbocycles. The molecule has 0 saturated heterocycles. The molecular formula is C18H24N4O2. The molecule has 6 nitrogen and oxygen atoms in total. The molecule has 1 saturated carbocycles. The summed E-state index contributed by atoms with van der Waals surface area (Å²) in [5, 5.41) is 7.76. The Kier molecular flexibility index (Phi) is 4.74. The van der Waals surface area contributed by atoms with Crippen LogP contribution in [0.3, 0.4) is 0 Å². The molecule has 128 valence electrons. The first-order valence-electron chi connectivity index (χ1n) is 8.29. The number of furan rings is 1. The van der Waals surface area contributed by atoms with Crippen molar-refractivity contribution in [3.63, 3.8) is 0 Å². The van der Waals surface area contributed by atoms with E-state index >= 15 is 0 Å². The molecule has 1 unspecified atom stereocenters. The van der Waals surface area contributed by atoms with Gasteiger partial charge in [0.1, 0.15) is 17.9 Å². The second-order valence-electron chi connectivity index (χ2n) is 6.42. The second-order valence-corrected chi connectivity index (χ2v) is 6.42. The number of amides is 1. The normalized spacial score (nSPS) is 16.0. The third-order valence-corrected chi connectivity index (χ3v) is 4.01. The Morgan fingerprint density at radius 2 is 2.12 bits per heavy atom. The average Bonchev–Trinajstić information content (AvgIpc) is 3.26. The lowest BCUT2D eigenvalue weighted by Gasteiger charge is -2.17. The zero-order chi connectivity index (χ0) is 17.1. The van der Waals surface area contributed by atoms with Crippen LogP contribution >= 0.6 is 0 Å². The van der Waals surface area contributed by atoms with Gasteiger partial charge in [-0.15, -0.1) is 0 Å². The molecule has 2 N–H and O–H groups in total. The fourth-order valence-electron chi connectivity index (χ4n) is 2.33. The fourth-order valence-corrected chi connectivity index (χ4v) is 2.33. The molecule has 1 heterocycles. The van der Waals surface area contributed by atoms with Crippen molar-refractivity contribution in [1.82, 2.24) is 15.5 Å². The van der Waals surface area contributed by atoms with Crippen LogP contribution < -0.4 is 10.6 Å². The van der Waals surface area contributed by atoms with Crippen LogP contribution in [0, 0.1) is 0 Å². The number of carbonyl (C=O) groups excluding carboxylic acids is 1. The highest BCUT2D eigenvalue weighted by molar-refractivity contribution is 5.85. The summed E-state index contributed by atoms with van der Waals surface area (Å²) in [5.74, 6) is 1.48. The van der Waals surface area contributed by atoms with E-state index in [0.29, 0.717) is 12.0 Å². The summed E-state index contributed by atoms with van der Waals surface area (Å²) in [7, 11) is 3.46. The Labute approximate surface area is 141 Å². The maximum absolute atomic E-state index is 11.8. The highest BCUT2D eigenvalue weighted by Crippen LogP contribution is 2.24. The molecule has 0 aliphatic heterocycles. The summed E-state index contributed by atoms with van der Waals surface area (Å²) in [6.45, 7) is 2.15. The highest BCUT2D eigenvalue weighted by Gasteiger charge is 2.23. The van der Waals surface area contributed by atoms with Crippen molar-refractivity contribution < 1.29 is 9.21 Å². The van der Waals surface area contributed by atoms with Gasteiger partial charge in [0, 0.05) is 25.5 Å². The summed E-state index contributed by atoms with van der Waals surface area (Å²) < 4.78 is 5.89. The molecule has 3 rings (SSSR count). The largest absolute Gasteiger partial charge is 0.459 e. The number of likely N-dealkylation sites (N-methyl/N-ethyl adjacent to an activating group) is 1. The number of nitrogens with one attached hydrogen (secondary N) is 2. The smallest absolute Gasteiger partial charge is 0.243 e. The third kappa shape index (κ3) is 4.07. The van der Waals surface area contributed by atoms with Crippen molar-refractivity contribution in [3.8, 4) is 0 Å². The van der Waals surface area contributed by atoms with Crippen molar-refractivity contribution in [3.05, 3.63) is 36.1 Å². The van der Waals surface area contributed by atoms with E-state index in [1.165, 1.54) is 0 Å². The molecule has 1 amide bonds. The van der Waals surface area contributed by atoms with E-state index in [0.717, 1.165) is 29.6 Å². The Balaban J connectivity index is 1.70. The Hall–Kier alpha value is -2.50. The average molecular weight is 328 g/mol. The van der Waals surface area contributed by atoms with Crippen LogP contribution in [0.2, 0.25) is 0 Å². The van der Waals surface area contributed by atoms with Crippen molar-refractivity contribution in [2.45, 2.75) is 31.8 Å². The minimum Gasteiger partial charge on any atom is -0.459 e. The van der Waals surface area contributed by atoms with E-state index in [1.807, 2.05) is 37.3 Å². The van der Waals surface area contributed by atoms with Crippen LogP contribution in [0.4, 0.5) is 0 Å². The molecule has 0 radical (unpaired) electrons. The van der Waals surface area contributed by atoms with E-state index in [2.05, 4.69) is 15.6 Å². The molecular weight excluding hydrogens is 304 g/mol. The van der Waals surface area contributed by atoms with Gasteiger partial charge in [-0.05, 0) is 31.9 Å². The third-order valence-electron chi connectivity index (χ3n) is 4.01. The van der Waals surface area contributed by atoms with Gasteiger partial charge in [-0.1, -0.05) is 18.2 Å². The number of hydrogen-bond acceptors (Lipinski definition) is 3.